The van der Waals surface area contributed by atoms with Crippen molar-refractivity contribution in [3.05, 3.63) is 52.1 Å². The minimum absolute atomic E-state index is 0.189. The normalized spacial score (nSPS) is 10.8. The van der Waals surface area contributed by atoms with Crippen molar-refractivity contribution in [2.24, 2.45) is 0 Å². The number of anilines is 1. The van der Waals surface area contributed by atoms with Crippen molar-refractivity contribution in [1.29, 1.82) is 0 Å². The molecular weight excluding hydrogens is 305 g/mol. The van der Waals surface area contributed by atoms with Crippen LogP contribution >= 0.6 is 22.7 Å². The molecule has 108 valence electrons. The molecule has 0 fully saturated rings. The van der Waals surface area contributed by atoms with Crippen LogP contribution < -0.4 is 5.32 Å². The molecule has 0 saturated heterocycles. The Morgan fingerprint density at radius 3 is 2.86 bits per heavy atom. The molecule has 1 aromatic carbocycles. The SMILES string of the molecule is CCc1nnc(NCc2ccc(F)c(-c3cccs3)c2)s1. The van der Waals surface area contributed by atoms with Crippen LogP contribution in [0.5, 0.6) is 0 Å². The average molecular weight is 319 g/mol. The third-order valence-electron chi connectivity index (χ3n) is 3.03. The monoisotopic (exact) mass is 319 g/mol. The lowest BCUT2D eigenvalue weighted by molar-refractivity contribution is 0.631. The molecule has 2 aromatic heterocycles. The number of nitrogens with one attached hydrogen (secondary N) is 1. The Hall–Kier alpha value is -1.79. The van der Waals surface area contributed by atoms with Crippen LogP contribution in [0.4, 0.5) is 9.52 Å². The number of rotatable bonds is 5. The minimum atomic E-state index is -0.189. The van der Waals surface area contributed by atoms with E-state index in [4.69, 9.17) is 0 Å². The van der Waals surface area contributed by atoms with E-state index < -0.39 is 0 Å². The minimum Gasteiger partial charge on any atom is -0.356 e. The Morgan fingerprint density at radius 1 is 1.24 bits per heavy atom. The first-order valence-corrected chi connectivity index (χ1v) is 8.34. The maximum atomic E-state index is 13.9. The van der Waals surface area contributed by atoms with E-state index in [1.165, 1.54) is 17.4 Å². The summed E-state index contributed by atoms with van der Waals surface area (Å²) < 4.78 is 13.9. The van der Waals surface area contributed by atoms with Gasteiger partial charge in [-0.25, -0.2) is 4.39 Å². The second-order valence-electron chi connectivity index (χ2n) is 4.50. The maximum absolute atomic E-state index is 13.9. The fourth-order valence-electron chi connectivity index (χ4n) is 1.95. The first-order chi connectivity index (χ1) is 10.3. The fourth-order valence-corrected chi connectivity index (χ4v) is 3.37. The van der Waals surface area contributed by atoms with Gasteiger partial charge in [0.2, 0.25) is 5.13 Å². The molecule has 0 radical (unpaired) electrons. The van der Waals surface area contributed by atoms with Gasteiger partial charge in [0.15, 0.2) is 0 Å². The smallest absolute Gasteiger partial charge is 0.205 e. The van der Waals surface area contributed by atoms with Crippen molar-refractivity contribution >= 4 is 27.8 Å². The van der Waals surface area contributed by atoms with Crippen LogP contribution in [-0.4, -0.2) is 10.2 Å². The van der Waals surface area contributed by atoms with Gasteiger partial charge in [-0.15, -0.1) is 21.5 Å². The van der Waals surface area contributed by atoms with Crippen LogP contribution in [0, 0.1) is 5.82 Å². The molecule has 2 heterocycles. The number of thiophene rings is 1. The predicted molar refractivity (Wildman–Crippen MR) is 86.3 cm³/mol. The van der Waals surface area contributed by atoms with Gasteiger partial charge in [-0.2, -0.15) is 0 Å². The molecular formula is C15H14FN3S2. The molecule has 6 heteroatoms. The molecule has 0 aliphatic carbocycles. The predicted octanol–water partition coefficient (Wildman–Crippen LogP) is 4.58. The van der Waals surface area contributed by atoms with E-state index in [-0.39, 0.29) is 5.82 Å². The summed E-state index contributed by atoms with van der Waals surface area (Å²) >= 11 is 3.09. The molecule has 3 nitrogen and oxygen atoms in total. The Kier molecular flexibility index (Phi) is 4.26. The highest BCUT2D eigenvalue weighted by atomic mass is 32.1. The van der Waals surface area contributed by atoms with Crippen LogP contribution in [0.2, 0.25) is 0 Å². The van der Waals surface area contributed by atoms with Gasteiger partial charge < -0.3 is 5.32 Å². The molecule has 3 aromatic rings. The van der Waals surface area contributed by atoms with Gasteiger partial charge in [-0.05, 0) is 35.6 Å². The third-order valence-corrected chi connectivity index (χ3v) is 4.96. The molecule has 0 aliphatic rings. The number of aryl methyl sites for hydroxylation is 1. The van der Waals surface area contributed by atoms with Crippen LogP contribution in [0.15, 0.2) is 35.7 Å². The Balaban J connectivity index is 1.75. The van der Waals surface area contributed by atoms with E-state index in [1.54, 1.807) is 17.4 Å². The molecule has 1 N–H and O–H groups in total. The second-order valence-corrected chi connectivity index (χ2v) is 6.51. The number of hydrogen-bond acceptors (Lipinski definition) is 5. The van der Waals surface area contributed by atoms with Crippen molar-refractivity contribution in [3.8, 4) is 10.4 Å². The number of hydrogen-bond donors (Lipinski definition) is 1. The molecule has 0 amide bonds. The number of nitrogens with zero attached hydrogens (tertiary/aromatic N) is 2. The van der Waals surface area contributed by atoms with Gasteiger partial charge >= 0.3 is 0 Å². The summed E-state index contributed by atoms with van der Waals surface area (Å²) in [5.41, 5.74) is 1.67. The van der Waals surface area contributed by atoms with Crippen LogP contribution in [0.1, 0.15) is 17.5 Å². The highest BCUT2D eigenvalue weighted by molar-refractivity contribution is 7.15. The number of aromatic nitrogens is 2. The lowest BCUT2D eigenvalue weighted by Crippen LogP contribution is -1.99. The van der Waals surface area contributed by atoms with Crippen LogP contribution in [0.25, 0.3) is 10.4 Å². The van der Waals surface area contributed by atoms with E-state index in [9.17, 15) is 4.39 Å². The molecule has 0 saturated carbocycles. The Labute approximate surface area is 130 Å². The lowest BCUT2D eigenvalue weighted by atomic mass is 10.1. The quantitative estimate of drug-likeness (QED) is 0.748. The van der Waals surface area contributed by atoms with Crippen molar-refractivity contribution in [2.75, 3.05) is 5.32 Å². The molecule has 0 unspecified atom stereocenters. The topological polar surface area (TPSA) is 37.8 Å². The van der Waals surface area contributed by atoms with E-state index >= 15 is 0 Å². The van der Waals surface area contributed by atoms with Gasteiger partial charge in [-0.1, -0.05) is 30.4 Å². The zero-order chi connectivity index (χ0) is 14.7. The van der Waals surface area contributed by atoms with Gasteiger partial charge in [-0.3, -0.25) is 0 Å². The molecule has 21 heavy (non-hydrogen) atoms. The zero-order valence-corrected chi connectivity index (χ0v) is 13.1. The van der Waals surface area contributed by atoms with Crippen molar-refractivity contribution < 1.29 is 4.39 Å². The van der Waals surface area contributed by atoms with Crippen molar-refractivity contribution in [2.45, 2.75) is 19.9 Å². The first kappa shape index (κ1) is 14.2. The summed E-state index contributed by atoms with van der Waals surface area (Å²) in [4.78, 5) is 0.943. The number of benzene rings is 1. The van der Waals surface area contributed by atoms with E-state index in [2.05, 4.69) is 22.4 Å². The summed E-state index contributed by atoms with van der Waals surface area (Å²) in [6, 6.07) is 9.05. The zero-order valence-electron chi connectivity index (χ0n) is 11.5. The molecule has 0 spiro atoms. The van der Waals surface area contributed by atoms with Gasteiger partial charge in [0, 0.05) is 17.0 Å². The van der Waals surface area contributed by atoms with Gasteiger partial charge in [0.05, 0.1) is 0 Å². The van der Waals surface area contributed by atoms with Gasteiger partial charge in [0.1, 0.15) is 10.8 Å². The highest BCUT2D eigenvalue weighted by Gasteiger charge is 2.08. The fraction of sp³-hybridized carbons (Fsp3) is 0.200. The van der Waals surface area contributed by atoms with E-state index in [1.807, 2.05) is 23.6 Å². The van der Waals surface area contributed by atoms with Crippen molar-refractivity contribution in [1.82, 2.24) is 10.2 Å². The molecule has 0 atom stereocenters. The summed E-state index contributed by atoms with van der Waals surface area (Å²) in [6.45, 7) is 2.66. The van der Waals surface area contributed by atoms with Crippen LogP contribution in [-0.2, 0) is 13.0 Å². The average Bonchev–Trinajstić information content (AvgIpc) is 3.18. The Bertz CT molecular complexity index is 722. The first-order valence-electron chi connectivity index (χ1n) is 6.65. The summed E-state index contributed by atoms with van der Waals surface area (Å²) in [5, 5.41) is 15.1. The summed E-state index contributed by atoms with van der Waals surface area (Å²) in [5.74, 6) is -0.189. The highest BCUT2D eigenvalue weighted by Crippen LogP contribution is 2.28. The van der Waals surface area contributed by atoms with Gasteiger partial charge in [0.25, 0.3) is 0 Å². The van der Waals surface area contributed by atoms with Crippen molar-refractivity contribution in [3.63, 3.8) is 0 Å². The molecule has 0 aliphatic heterocycles. The largest absolute Gasteiger partial charge is 0.356 e. The second kappa shape index (κ2) is 6.32. The van der Waals surface area contributed by atoms with E-state index in [0.29, 0.717) is 12.1 Å². The molecule has 3 rings (SSSR count). The molecule has 0 bridgehead atoms. The third kappa shape index (κ3) is 3.28. The van der Waals surface area contributed by atoms with Crippen LogP contribution in [0.3, 0.4) is 0 Å². The number of halogens is 1. The summed E-state index contributed by atoms with van der Waals surface area (Å²) in [6.07, 6.45) is 0.887. The van der Waals surface area contributed by atoms with E-state index in [0.717, 1.165) is 27.0 Å². The lowest BCUT2D eigenvalue weighted by Gasteiger charge is -2.06. The standard InChI is InChI=1S/C15H14FN3S2/c1-2-14-18-19-15(21-14)17-9-10-5-6-12(16)11(8-10)13-4-3-7-20-13/h3-8H,2,9H2,1H3,(H,17,19). The maximum Gasteiger partial charge on any atom is 0.205 e. The Morgan fingerprint density at radius 2 is 2.14 bits per heavy atom. The summed E-state index contributed by atoms with van der Waals surface area (Å²) in [7, 11) is 0.